The van der Waals surface area contributed by atoms with Gasteiger partial charge in [0.15, 0.2) is 0 Å². The number of hydrogen-bond donors (Lipinski definition) is 2. The first-order chi connectivity index (χ1) is 6.77. The Labute approximate surface area is 203 Å². The van der Waals surface area contributed by atoms with Gasteiger partial charge in [0, 0.05) is 0 Å². The van der Waals surface area contributed by atoms with Crippen LogP contribution in [0.3, 0.4) is 0 Å². The first kappa shape index (κ1) is 43.8. The van der Waals surface area contributed by atoms with Gasteiger partial charge in [-0.05, 0) is 0 Å². The summed E-state index contributed by atoms with van der Waals surface area (Å²) in [6.07, 6.45) is 0. The maximum Gasteiger partial charge on any atom is 1.00 e. The van der Waals surface area contributed by atoms with E-state index < -0.39 is 31.2 Å². The Balaban J connectivity index is -0.0000000322. The van der Waals surface area contributed by atoms with Gasteiger partial charge in [-0.15, -0.1) is 0 Å². The van der Waals surface area contributed by atoms with Crippen LogP contribution in [0.4, 0.5) is 0 Å². The van der Waals surface area contributed by atoms with E-state index in [1.807, 2.05) is 0 Å². The van der Waals surface area contributed by atoms with Gasteiger partial charge in [-0.25, -0.2) is 8.42 Å². The zero-order chi connectivity index (χ0) is 13.6. The van der Waals surface area contributed by atoms with Gasteiger partial charge in [-0.3, -0.25) is 9.11 Å². The number of hydrogen-bond acceptors (Lipinski definition) is 11. The topological polar surface area (TPSA) is 311 Å². The van der Waals surface area contributed by atoms with Crippen LogP contribution in [-0.4, -0.2) is 55.3 Å². The van der Waals surface area contributed by atoms with E-state index in [9.17, 15) is 16.8 Å². The third kappa shape index (κ3) is 60.3. The van der Waals surface area contributed by atoms with E-state index in [-0.39, 0.29) is 119 Å². The molecule has 21 heavy (non-hydrogen) atoms. The van der Waals surface area contributed by atoms with Gasteiger partial charge in [-0.1, -0.05) is 8.67 Å². The molecule has 16 nitrogen and oxygen atoms in total. The standard InChI is InChI=1S/2K.H2O8S2.H2O5S.3H2O/c;;1-9(2,3)7-8-10(4,5)6;1-5-6(2,3)4;;;/h;;(H,1,2,3)(H,4,5,6);1H,(H,2,3,4);3*1H2/q2*+1;;;;;/p-2. The van der Waals surface area contributed by atoms with Crippen molar-refractivity contribution in [2.45, 2.75) is 0 Å². The summed E-state index contributed by atoms with van der Waals surface area (Å²) < 4.78 is 87.7. The van der Waals surface area contributed by atoms with Gasteiger partial charge in [0.25, 0.3) is 0 Å². The van der Waals surface area contributed by atoms with Crippen molar-refractivity contribution < 1.29 is 176 Å². The molecule has 0 aliphatic rings. The monoisotopic (exact) mass is 438 g/mol. The van der Waals surface area contributed by atoms with E-state index in [4.69, 9.17) is 27.3 Å². The summed E-state index contributed by atoms with van der Waals surface area (Å²) in [5, 5.41) is 8.55. The van der Waals surface area contributed by atoms with Crippen molar-refractivity contribution in [1.82, 2.24) is 0 Å². The largest absolute Gasteiger partial charge is 1.00 e. The van der Waals surface area contributed by atoms with Crippen molar-refractivity contribution in [3.8, 4) is 0 Å². The van der Waals surface area contributed by atoms with Gasteiger partial charge >= 0.3 is 124 Å². The van der Waals surface area contributed by atoms with Crippen LogP contribution in [0.25, 0.3) is 0 Å². The average Bonchev–Trinajstić information content (AvgIpc) is 1.98. The Kier molecular flexibility index (Phi) is 39.7. The van der Waals surface area contributed by atoms with E-state index in [2.05, 4.69) is 13.0 Å². The molecule has 0 spiro atoms. The molecule has 0 bridgehead atoms. The molecule has 0 unspecified atom stereocenters. The summed E-state index contributed by atoms with van der Waals surface area (Å²) in [5.41, 5.74) is 0. The van der Waals surface area contributed by atoms with E-state index >= 15 is 0 Å². The fourth-order valence-corrected chi connectivity index (χ4v) is 0.632. The van der Waals surface area contributed by atoms with Crippen LogP contribution in [-0.2, 0) is 44.2 Å². The van der Waals surface area contributed by atoms with Crippen molar-refractivity contribution in [3.05, 3.63) is 0 Å². The van der Waals surface area contributed by atoms with Crippen LogP contribution < -0.4 is 108 Å². The second-order valence-corrected chi connectivity index (χ2v) is 4.40. The van der Waals surface area contributed by atoms with E-state index in [0.717, 1.165) is 0 Å². The van der Waals surface area contributed by atoms with E-state index in [1.54, 1.807) is 0 Å². The fourth-order valence-electron chi connectivity index (χ4n) is 0.0702. The summed E-state index contributed by atoms with van der Waals surface area (Å²) >= 11 is 0. The molecule has 0 radical (unpaired) electrons. The van der Waals surface area contributed by atoms with Gasteiger partial charge in [0.05, 0.1) is 0 Å². The van der Waals surface area contributed by atoms with Crippen LogP contribution >= 0.6 is 0 Å². The molecule has 8 N–H and O–H groups in total. The van der Waals surface area contributed by atoms with E-state index in [1.165, 1.54) is 0 Å². The van der Waals surface area contributed by atoms with Crippen molar-refractivity contribution in [2.75, 3.05) is 0 Å². The Bertz CT molecular complexity index is 448. The van der Waals surface area contributed by atoms with Crippen molar-refractivity contribution in [1.29, 1.82) is 0 Å². The molecule has 0 aromatic carbocycles. The molecule has 0 fully saturated rings. The Morgan fingerprint density at radius 2 is 0.857 bits per heavy atom. The maximum atomic E-state index is 9.51. The SMILES string of the molecule is O.O.O.O=S(=O)(O)OOS(=O)(=O)O.O=S(=O)([O-])O[O-].[K+].[K+]. The summed E-state index contributed by atoms with van der Waals surface area (Å²) in [4.78, 5) is 0. The molecule has 0 rings (SSSR count). The molecule has 0 atom stereocenters. The third-order valence-corrected chi connectivity index (χ3v) is 1.02. The summed E-state index contributed by atoms with van der Waals surface area (Å²) in [6.45, 7) is 0. The van der Waals surface area contributed by atoms with Crippen LogP contribution in [0, 0.1) is 0 Å². The predicted molar refractivity (Wildman–Crippen MR) is 46.9 cm³/mol. The van der Waals surface area contributed by atoms with E-state index in [0.29, 0.717) is 0 Å². The quantitative estimate of drug-likeness (QED) is 0.135. The van der Waals surface area contributed by atoms with Crippen LogP contribution in [0.2, 0.25) is 0 Å². The molecule has 21 heteroatoms. The molecule has 0 saturated heterocycles. The molecular formula is H8K2O16S3. The van der Waals surface area contributed by atoms with Gasteiger partial charge in [-0.2, -0.15) is 16.8 Å². The molecule has 0 aromatic rings. The summed E-state index contributed by atoms with van der Waals surface area (Å²) in [6, 6.07) is 0. The molecule has 0 amide bonds. The van der Waals surface area contributed by atoms with Gasteiger partial charge in [0.2, 0.25) is 10.4 Å². The van der Waals surface area contributed by atoms with Crippen molar-refractivity contribution >= 4 is 31.2 Å². The Hall–Kier alpha value is 2.72. The van der Waals surface area contributed by atoms with Crippen LogP contribution in [0.5, 0.6) is 0 Å². The molecule has 0 aliphatic carbocycles. The zero-order valence-electron chi connectivity index (χ0n) is 10.1. The Morgan fingerprint density at radius 1 is 0.714 bits per heavy atom. The zero-order valence-corrected chi connectivity index (χ0v) is 18.8. The first-order valence-electron chi connectivity index (χ1n) is 2.37. The molecule has 0 heterocycles. The second kappa shape index (κ2) is 19.1. The summed E-state index contributed by atoms with van der Waals surface area (Å²) in [5.74, 6) is 0. The second-order valence-electron chi connectivity index (χ2n) is 1.47. The molecule has 0 aliphatic heterocycles. The molecule has 124 valence electrons. The van der Waals surface area contributed by atoms with Gasteiger partial charge in [0.1, 0.15) is 0 Å². The molecular weight excluding hydrogens is 430 g/mol. The minimum absolute atomic E-state index is 0. The first-order valence-corrected chi connectivity index (χ1v) is 6.43. The van der Waals surface area contributed by atoms with Gasteiger partial charge < -0.3 is 30.6 Å². The van der Waals surface area contributed by atoms with Crippen LogP contribution in [0.1, 0.15) is 0 Å². The predicted octanol–water partition coefficient (Wildman–Crippen LogP) is -12.2. The minimum atomic E-state index is -5.02. The molecule has 0 saturated carbocycles. The maximum absolute atomic E-state index is 9.51. The number of rotatable bonds is 4. The van der Waals surface area contributed by atoms with Crippen molar-refractivity contribution in [3.63, 3.8) is 0 Å². The fraction of sp³-hybridized carbons (Fsp3) is 0. The third-order valence-electron chi connectivity index (χ3n) is 0.283. The smallest absolute Gasteiger partial charge is 0.726 e. The van der Waals surface area contributed by atoms with Crippen LogP contribution in [0.15, 0.2) is 0 Å². The normalized spacial score (nSPS) is 9.71. The average molecular weight is 438 g/mol. The molecule has 0 aromatic heterocycles. The minimum Gasteiger partial charge on any atom is -0.726 e. The Morgan fingerprint density at radius 3 is 0.905 bits per heavy atom. The summed E-state index contributed by atoms with van der Waals surface area (Å²) in [7, 11) is -15.0. The van der Waals surface area contributed by atoms with Crippen molar-refractivity contribution in [2.24, 2.45) is 0 Å².